The summed E-state index contributed by atoms with van der Waals surface area (Å²) in [4.78, 5) is 29.5. The van der Waals surface area contributed by atoms with Crippen LogP contribution < -0.4 is 15.0 Å². The second-order valence-corrected chi connectivity index (χ2v) is 7.89. The van der Waals surface area contributed by atoms with Gasteiger partial charge in [0.05, 0.1) is 18.2 Å². The average Bonchev–Trinajstić information content (AvgIpc) is 3.23. The van der Waals surface area contributed by atoms with Crippen LogP contribution in [0.1, 0.15) is 26.2 Å². The van der Waals surface area contributed by atoms with Crippen molar-refractivity contribution in [3.63, 3.8) is 0 Å². The summed E-state index contributed by atoms with van der Waals surface area (Å²) in [5.74, 6) is 2.01. The summed E-state index contributed by atoms with van der Waals surface area (Å²) in [5, 5.41) is 3.47. The Hall–Kier alpha value is -1.79. The third kappa shape index (κ3) is 4.13. The molecule has 0 saturated carbocycles. The number of amides is 2. The van der Waals surface area contributed by atoms with Crippen molar-refractivity contribution in [3.05, 3.63) is 24.3 Å². The molecule has 1 aromatic rings. The minimum atomic E-state index is -0.247. The second kappa shape index (κ2) is 9.14. The fourth-order valence-electron chi connectivity index (χ4n) is 4.76. The molecule has 0 bridgehead atoms. The third-order valence-corrected chi connectivity index (χ3v) is 6.26. The van der Waals surface area contributed by atoms with Gasteiger partial charge >= 0.3 is 0 Å². The van der Waals surface area contributed by atoms with Crippen LogP contribution in [0, 0.1) is 17.8 Å². The minimum absolute atomic E-state index is 0. The summed E-state index contributed by atoms with van der Waals surface area (Å²) in [6.07, 6.45) is 2.44. The van der Waals surface area contributed by atoms with E-state index in [0.717, 1.165) is 44.7 Å². The highest BCUT2D eigenvalue weighted by atomic mass is 35.5. The Morgan fingerprint density at radius 3 is 2.54 bits per heavy atom. The quantitative estimate of drug-likeness (QED) is 0.832. The van der Waals surface area contributed by atoms with Gasteiger partial charge in [0.15, 0.2) is 0 Å². The number of halogens is 1. The monoisotopic (exact) mass is 407 g/mol. The molecular weight excluding hydrogens is 378 g/mol. The zero-order chi connectivity index (χ0) is 18.8. The van der Waals surface area contributed by atoms with Crippen molar-refractivity contribution in [2.75, 3.05) is 44.2 Å². The van der Waals surface area contributed by atoms with E-state index in [4.69, 9.17) is 4.74 Å². The third-order valence-electron chi connectivity index (χ3n) is 6.26. The van der Waals surface area contributed by atoms with Crippen LogP contribution in [0.5, 0.6) is 5.75 Å². The van der Waals surface area contributed by atoms with E-state index in [2.05, 4.69) is 5.32 Å². The summed E-state index contributed by atoms with van der Waals surface area (Å²) in [6.45, 7) is 6.73. The number of nitrogens with one attached hydrogen (secondary N) is 1. The summed E-state index contributed by atoms with van der Waals surface area (Å²) in [7, 11) is 0. The van der Waals surface area contributed by atoms with Crippen LogP contribution in [0.2, 0.25) is 0 Å². The predicted octanol–water partition coefficient (Wildman–Crippen LogP) is 2.32. The van der Waals surface area contributed by atoms with Gasteiger partial charge in [-0.05, 0) is 56.8 Å². The summed E-state index contributed by atoms with van der Waals surface area (Å²) < 4.78 is 5.67. The lowest BCUT2D eigenvalue weighted by molar-refractivity contribution is -0.135. The van der Waals surface area contributed by atoms with Gasteiger partial charge in [0.2, 0.25) is 11.8 Å². The van der Waals surface area contributed by atoms with Gasteiger partial charge in [-0.3, -0.25) is 9.59 Å². The largest absolute Gasteiger partial charge is 0.492 e. The van der Waals surface area contributed by atoms with Crippen LogP contribution in [0.15, 0.2) is 24.3 Å². The predicted molar refractivity (Wildman–Crippen MR) is 111 cm³/mol. The number of fused-ring (bicyclic) bond motifs is 1. The normalized spacial score (nSPS) is 27.2. The van der Waals surface area contributed by atoms with Gasteiger partial charge < -0.3 is 19.9 Å². The standard InChI is InChI=1S/C21H29N3O3.ClH/c1-2-27-19-6-4-3-5-18(19)24-14-17(11-20(24)25)21(26)23-9-7-15-12-22-13-16(15)8-10-23;/h3-6,15-17,22H,2,7-14H2,1H3;1H/t15-,16+,17?;. The molecular formula is C21H30ClN3O3. The lowest BCUT2D eigenvalue weighted by Crippen LogP contribution is -2.38. The van der Waals surface area contributed by atoms with Crippen LogP contribution in [0.25, 0.3) is 0 Å². The average molecular weight is 408 g/mol. The van der Waals surface area contributed by atoms with Crippen molar-refractivity contribution >= 4 is 29.9 Å². The summed E-state index contributed by atoms with van der Waals surface area (Å²) in [6, 6.07) is 7.58. The molecule has 154 valence electrons. The first-order valence-electron chi connectivity index (χ1n) is 10.2. The number of anilines is 1. The summed E-state index contributed by atoms with van der Waals surface area (Å²) in [5.41, 5.74) is 0.774. The first-order chi connectivity index (χ1) is 13.2. The van der Waals surface area contributed by atoms with Crippen LogP contribution in [0.4, 0.5) is 5.69 Å². The molecule has 3 aliphatic heterocycles. The Bertz CT molecular complexity index is 700. The van der Waals surface area contributed by atoms with Gasteiger partial charge in [0.1, 0.15) is 5.75 Å². The zero-order valence-electron chi connectivity index (χ0n) is 16.4. The minimum Gasteiger partial charge on any atom is -0.492 e. The number of hydrogen-bond acceptors (Lipinski definition) is 4. The molecule has 2 amide bonds. The Morgan fingerprint density at radius 1 is 1.18 bits per heavy atom. The van der Waals surface area contributed by atoms with E-state index in [0.29, 0.717) is 37.2 Å². The van der Waals surface area contributed by atoms with E-state index in [1.54, 1.807) is 4.90 Å². The smallest absolute Gasteiger partial charge is 0.228 e. The fraction of sp³-hybridized carbons (Fsp3) is 0.619. The van der Waals surface area contributed by atoms with Crippen molar-refractivity contribution in [2.24, 2.45) is 17.8 Å². The molecule has 0 aromatic heterocycles. The molecule has 0 aliphatic carbocycles. The van der Waals surface area contributed by atoms with Gasteiger partial charge in [-0.25, -0.2) is 0 Å². The van der Waals surface area contributed by atoms with E-state index in [-0.39, 0.29) is 30.1 Å². The highest BCUT2D eigenvalue weighted by Crippen LogP contribution is 2.34. The van der Waals surface area contributed by atoms with E-state index in [1.807, 2.05) is 36.1 Å². The number of nitrogens with zero attached hydrogens (tertiary/aromatic N) is 2. The first kappa shape index (κ1) is 20.9. The zero-order valence-corrected chi connectivity index (χ0v) is 17.2. The molecule has 3 fully saturated rings. The Balaban J connectivity index is 0.00000225. The molecule has 7 heteroatoms. The molecule has 6 nitrogen and oxygen atoms in total. The van der Waals surface area contributed by atoms with E-state index in [1.165, 1.54) is 0 Å². The maximum Gasteiger partial charge on any atom is 0.228 e. The highest BCUT2D eigenvalue weighted by Gasteiger charge is 2.39. The maximum absolute atomic E-state index is 13.1. The second-order valence-electron chi connectivity index (χ2n) is 7.89. The number of benzene rings is 1. The number of likely N-dealkylation sites (tertiary alicyclic amines) is 1. The van der Waals surface area contributed by atoms with Gasteiger partial charge in [0, 0.05) is 26.1 Å². The van der Waals surface area contributed by atoms with Gasteiger partial charge in [-0.2, -0.15) is 0 Å². The van der Waals surface area contributed by atoms with E-state index < -0.39 is 0 Å². The number of rotatable bonds is 4. The molecule has 1 N–H and O–H groups in total. The van der Waals surface area contributed by atoms with Gasteiger partial charge in [-0.15, -0.1) is 12.4 Å². The van der Waals surface area contributed by atoms with E-state index in [9.17, 15) is 9.59 Å². The molecule has 1 unspecified atom stereocenters. The van der Waals surface area contributed by atoms with Crippen molar-refractivity contribution in [1.82, 2.24) is 10.2 Å². The SMILES string of the molecule is CCOc1ccccc1N1CC(C(=O)N2CC[C@@H]3CNC[C@@H]3CC2)CC1=O.Cl. The molecule has 0 spiro atoms. The molecule has 3 atom stereocenters. The van der Waals surface area contributed by atoms with E-state index >= 15 is 0 Å². The molecule has 4 rings (SSSR count). The summed E-state index contributed by atoms with van der Waals surface area (Å²) >= 11 is 0. The van der Waals surface area contributed by atoms with Crippen molar-refractivity contribution in [3.8, 4) is 5.75 Å². The maximum atomic E-state index is 13.1. The highest BCUT2D eigenvalue weighted by molar-refractivity contribution is 6.01. The van der Waals surface area contributed by atoms with Crippen LogP contribution in [-0.4, -0.2) is 56.0 Å². The van der Waals surface area contributed by atoms with Gasteiger partial charge in [-0.1, -0.05) is 12.1 Å². The topological polar surface area (TPSA) is 61.9 Å². The van der Waals surface area contributed by atoms with Crippen LogP contribution >= 0.6 is 12.4 Å². The lowest BCUT2D eigenvalue weighted by atomic mass is 9.92. The van der Waals surface area contributed by atoms with Crippen molar-refractivity contribution < 1.29 is 14.3 Å². The Kier molecular flexibility index (Phi) is 6.83. The van der Waals surface area contributed by atoms with Gasteiger partial charge in [0.25, 0.3) is 0 Å². The molecule has 3 heterocycles. The first-order valence-corrected chi connectivity index (χ1v) is 10.2. The van der Waals surface area contributed by atoms with Crippen LogP contribution in [0.3, 0.4) is 0 Å². The lowest BCUT2D eigenvalue weighted by Gasteiger charge is -2.25. The number of ether oxygens (including phenoxy) is 1. The van der Waals surface area contributed by atoms with Crippen molar-refractivity contribution in [2.45, 2.75) is 26.2 Å². The fourth-order valence-corrected chi connectivity index (χ4v) is 4.76. The molecule has 3 saturated heterocycles. The number of carbonyl (C=O) groups is 2. The number of carbonyl (C=O) groups excluding carboxylic acids is 2. The number of hydrogen-bond donors (Lipinski definition) is 1. The Labute approximate surface area is 173 Å². The molecule has 3 aliphatic rings. The van der Waals surface area contributed by atoms with Crippen molar-refractivity contribution in [1.29, 1.82) is 0 Å². The number of para-hydroxylation sites is 2. The molecule has 1 aromatic carbocycles. The Morgan fingerprint density at radius 2 is 1.86 bits per heavy atom. The van der Waals surface area contributed by atoms with Crippen LogP contribution in [-0.2, 0) is 9.59 Å². The molecule has 28 heavy (non-hydrogen) atoms. The molecule has 0 radical (unpaired) electrons.